The van der Waals surface area contributed by atoms with Crippen molar-refractivity contribution in [1.82, 2.24) is 19.7 Å². The van der Waals surface area contributed by atoms with Crippen LogP contribution in [-0.2, 0) is 7.05 Å². The number of nitrogens with one attached hydrogen (secondary N) is 2. The van der Waals surface area contributed by atoms with Gasteiger partial charge in [-0.25, -0.2) is 10.8 Å². The first-order valence-corrected chi connectivity index (χ1v) is 5.20. The highest BCUT2D eigenvalue weighted by Crippen LogP contribution is 2.12. The number of nitrogen functional groups attached to an aromatic ring is 1. The first-order chi connectivity index (χ1) is 8.60. The van der Waals surface area contributed by atoms with Crippen LogP contribution in [0.15, 0.2) is 18.6 Å². The zero-order chi connectivity index (χ0) is 13.1. The minimum absolute atomic E-state index is 0.175. The summed E-state index contributed by atoms with van der Waals surface area (Å²) in [6, 6.07) is 0. The molecule has 8 heteroatoms. The topological polar surface area (TPSA) is 111 Å². The summed E-state index contributed by atoms with van der Waals surface area (Å²) >= 11 is 0. The molecule has 0 aliphatic rings. The van der Waals surface area contributed by atoms with Gasteiger partial charge in [-0.05, 0) is 6.92 Å². The summed E-state index contributed by atoms with van der Waals surface area (Å²) in [5.41, 5.74) is 3.87. The average molecular weight is 247 g/mol. The number of anilines is 2. The summed E-state index contributed by atoms with van der Waals surface area (Å²) in [6.45, 7) is 1.80. The third kappa shape index (κ3) is 2.43. The molecule has 0 fully saturated rings. The number of amides is 1. The Balaban J connectivity index is 2.19. The van der Waals surface area contributed by atoms with Crippen LogP contribution in [0.3, 0.4) is 0 Å². The zero-order valence-corrected chi connectivity index (χ0v) is 10.0. The number of aromatic nitrogens is 4. The van der Waals surface area contributed by atoms with E-state index < -0.39 is 0 Å². The number of hydrazine groups is 1. The van der Waals surface area contributed by atoms with Crippen molar-refractivity contribution in [2.75, 3.05) is 10.7 Å². The van der Waals surface area contributed by atoms with Crippen LogP contribution in [0.2, 0.25) is 0 Å². The predicted molar refractivity (Wildman–Crippen MR) is 65.7 cm³/mol. The van der Waals surface area contributed by atoms with E-state index in [1.165, 1.54) is 12.4 Å². The summed E-state index contributed by atoms with van der Waals surface area (Å²) in [7, 11) is 1.78. The maximum atomic E-state index is 11.9. The molecular weight excluding hydrogens is 234 g/mol. The quantitative estimate of drug-likeness (QED) is 0.522. The Morgan fingerprint density at radius 2 is 2.22 bits per heavy atom. The van der Waals surface area contributed by atoms with E-state index in [0.29, 0.717) is 11.5 Å². The summed E-state index contributed by atoms with van der Waals surface area (Å²) in [4.78, 5) is 19.8. The van der Waals surface area contributed by atoms with Crippen LogP contribution in [0.25, 0.3) is 0 Å². The normalized spacial score (nSPS) is 10.2. The monoisotopic (exact) mass is 247 g/mol. The van der Waals surface area contributed by atoms with Crippen molar-refractivity contribution in [1.29, 1.82) is 0 Å². The van der Waals surface area contributed by atoms with E-state index >= 15 is 0 Å². The number of nitrogens with zero attached hydrogens (tertiary/aromatic N) is 4. The van der Waals surface area contributed by atoms with Gasteiger partial charge in [-0.3, -0.25) is 14.5 Å². The van der Waals surface area contributed by atoms with E-state index in [2.05, 4.69) is 25.8 Å². The van der Waals surface area contributed by atoms with Gasteiger partial charge in [0.05, 0.1) is 23.8 Å². The molecule has 0 atom stereocenters. The molecule has 0 aromatic carbocycles. The van der Waals surface area contributed by atoms with Crippen molar-refractivity contribution in [3.63, 3.8) is 0 Å². The molecule has 4 N–H and O–H groups in total. The highest BCUT2D eigenvalue weighted by Gasteiger charge is 2.12. The van der Waals surface area contributed by atoms with Crippen LogP contribution in [0.4, 0.5) is 11.5 Å². The van der Waals surface area contributed by atoms with Crippen molar-refractivity contribution >= 4 is 17.4 Å². The molecule has 1 amide bonds. The largest absolute Gasteiger partial charge is 0.318 e. The lowest BCUT2D eigenvalue weighted by Crippen LogP contribution is -2.16. The van der Waals surface area contributed by atoms with Crippen LogP contribution in [0.5, 0.6) is 0 Å². The summed E-state index contributed by atoms with van der Waals surface area (Å²) in [6.07, 6.45) is 4.50. The van der Waals surface area contributed by atoms with Crippen LogP contribution < -0.4 is 16.6 Å². The molecule has 2 aromatic rings. The summed E-state index contributed by atoms with van der Waals surface area (Å²) in [5, 5.41) is 6.83. The second-order valence-electron chi connectivity index (χ2n) is 3.69. The molecule has 0 aliphatic carbocycles. The van der Waals surface area contributed by atoms with Gasteiger partial charge in [0.1, 0.15) is 5.69 Å². The van der Waals surface area contributed by atoms with Crippen molar-refractivity contribution in [3.8, 4) is 0 Å². The van der Waals surface area contributed by atoms with E-state index in [4.69, 9.17) is 5.84 Å². The van der Waals surface area contributed by atoms with Gasteiger partial charge in [0, 0.05) is 13.2 Å². The van der Waals surface area contributed by atoms with Gasteiger partial charge in [-0.1, -0.05) is 0 Å². The Kier molecular flexibility index (Phi) is 3.20. The van der Waals surface area contributed by atoms with E-state index in [9.17, 15) is 4.79 Å². The van der Waals surface area contributed by atoms with E-state index in [-0.39, 0.29) is 11.6 Å². The van der Waals surface area contributed by atoms with Crippen LogP contribution in [0.1, 0.15) is 16.2 Å². The Labute approximate surface area is 103 Å². The molecule has 2 heterocycles. The fraction of sp³-hybridized carbons (Fsp3) is 0.200. The van der Waals surface area contributed by atoms with Gasteiger partial charge in [0.2, 0.25) is 0 Å². The number of hydrogen-bond acceptors (Lipinski definition) is 6. The molecule has 18 heavy (non-hydrogen) atoms. The number of rotatable bonds is 3. The minimum Gasteiger partial charge on any atom is -0.318 e. The number of carbonyl (C=O) groups excluding carboxylic acids is 1. The molecule has 2 aromatic heterocycles. The third-order valence-corrected chi connectivity index (χ3v) is 2.28. The number of carbonyl (C=O) groups is 1. The van der Waals surface area contributed by atoms with Crippen LogP contribution in [-0.4, -0.2) is 25.7 Å². The minimum atomic E-state index is -0.365. The van der Waals surface area contributed by atoms with Crippen molar-refractivity contribution in [2.24, 2.45) is 12.9 Å². The molecule has 8 nitrogen and oxygen atoms in total. The molecule has 0 bridgehead atoms. The summed E-state index contributed by atoms with van der Waals surface area (Å²) in [5.74, 6) is 5.16. The van der Waals surface area contributed by atoms with Gasteiger partial charge >= 0.3 is 0 Å². The molecule has 0 spiro atoms. The fourth-order valence-electron chi connectivity index (χ4n) is 1.45. The van der Waals surface area contributed by atoms with Gasteiger partial charge in [-0.2, -0.15) is 5.10 Å². The van der Waals surface area contributed by atoms with E-state index in [1.54, 1.807) is 24.9 Å². The van der Waals surface area contributed by atoms with Crippen molar-refractivity contribution in [2.45, 2.75) is 6.92 Å². The smallest absolute Gasteiger partial charge is 0.276 e. The molecule has 2 rings (SSSR count). The average Bonchev–Trinajstić information content (AvgIpc) is 2.68. The van der Waals surface area contributed by atoms with Crippen molar-refractivity contribution in [3.05, 3.63) is 30.0 Å². The molecule has 0 saturated heterocycles. The first-order valence-electron chi connectivity index (χ1n) is 5.20. The van der Waals surface area contributed by atoms with Crippen LogP contribution in [0, 0.1) is 6.92 Å². The maximum Gasteiger partial charge on any atom is 0.276 e. The first kappa shape index (κ1) is 12.0. The second kappa shape index (κ2) is 4.80. The Hall–Kier alpha value is -2.48. The fourth-order valence-corrected chi connectivity index (χ4v) is 1.45. The lowest BCUT2D eigenvalue weighted by atomic mass is 10.3. The van der Waals surface area contributed by atoms with E-state index in [1.807, 2.05) is 0 Å². The van der Waals surface area contributed by atoms with Gasteiger partial charge in [0.25, 0.3) is 5.91 Å². The molecule has 0 saturated carbocycles. The third-order valence-electron chi connectivity index (χ3n) is 2.28. The Morgan fingerprint density at radius 3 is 2.83 bits per heavy atom. The molecule has 0 aliphatic heterocycles. The number of aryl methyl sites for hydroxylation is 2. The van der Waals surface area contributed by atoms with Gasteiger partial charge in [0.15, 0.2) is 5.82 Å². The molecule has 0 radical (unpaired) electrons. The molecule has 94 valence electrons. The second-order valence-corrected chi connectivity index (χ2v) is 3.69. The van der Waals surface area contributed by atoms with E-state index in [0.717, 1.165) is 5.69 Å². The maximum absolute atomic E-state index is 11.9. The zero-order valence-electron chi connectivity index (χ0n) is 10.0. The summed E-state index contributed by atoms with van der Waals surface area (Å²) < 4.78 is 1.62. The Bertz CT molecular complexity index is 577. The van der Waals surface area contributed by atoms with Gasteiger partial charge < -0.3 is 10.7 Å². The molecule has 0 unspecified atom stereocenters. The van der Waals surface area contributed by atoms with Gasteiger partial charge in [-0.15, -0.1) is 0 Å². The number of hydrogen-bond donors (Lipinski definition) is 3. The predicted octanol–water partition coefficient (Wildman–Crippen LogP) is 0.0564. The SMILES string of the molecule is Cc1nn(C)cc1NC(=O)c1cncc(NN)n1. The van der Waals surface area contributed by atoms with Crippen LogP contribution >= 0.6 is 0 Å². The highest BCUT2D eigenvalue weighted by atomic mass is 16.1. The lowest BCUT2D eigenvalue weighted by molar-refractivity contribution is 0.102. The highest BCUT2D eigenvalue weighted by molar-refractivity contribution is 6.03. The number of nitrogens with two attached hydrogens (primary N) is 1. The lowest BCUT2D eigenvalue weighted by Gasteiger charge is -2.04. The molecular formula is C10H13N7O. The van der Waals surface area contributed by atoms with Crippen molar-refractivity contribution < 1.29 is 4.79 Å². The standard InChI is InChI=1S/C10H13N7O/c1-6-8(5-17(2)16-6)14-10(18)7-3-12-4-9(13-7)15-11/h3-5H,11H2,1-2H3,(H,13,15)(H,14,18). The Morgan fingerprint density at radius 1 is 1.44 bits per heavy atom.